The Balaban J connectivity index is 3.05. The fraction of sp³-hybridized carbons (Fsp3) is 0.143. The van der Waals surface area contributed by atoms with Gasteiger partial charge in [-0.2, -0.15) is 0 Å². The van der Waals surface area contributed by atoms with Gasteiger partial charge in [0.15, 0.2) is 0 Å². The average Bonchev–Trinajstić information content (AvgIpc) is 2.01. The molecule has 0 spiro atoms. The van der Waals surface area contributed by atoms with E-state index in [1.165, 1.54) is 0 Å². The minimum absolute atomic E-state index is 0.0383. The zero-order valence-electron chi connectivity index (χ0n) is 6.50. The lowest BCUT2D eigenvalue weighted by atomic mass is 10.3. The van der Waals surface area contributed by atoms with Crippen molar-refractivity contribution in [1.29, 1.82) is 0 Å². The van der Waals surface area contributed by atoms with E-state index in [-0.39, 0.29) is 17.7 Å². The van der Waals surface area contributed by atoms with Crippen LogP contribution in [0.2, 0.25) is 5.02 Å². The molecule has 1 nitrogen and oxygen atoms in total. The van der Waals surface area contributed by atoms with Crippen molar-refractivity contribution in [2.45, 2.75) is 0 Å². The van der Waals surface area contributed by atoms with Gasteiger partial charge in [0.1, 0.15) is 11.6 Å². The summed E-state index contributed by atoms with van der Waals surface area (Å²) in [6.07, 6.45) is 0. The van der Waals surface area contributed by atoms with E-state index in [0.717, 1.165) is 6.07 Å². The lowest BCUT2D eigenvalue weighted by molar-refractivity contribution is 0.586. The number of hydrogen-bond donors (Lipinski definition) is 1. The standard InChI is InChI=1S/C7H6ClF2N/c1-11-7-2-4(8)5(9)3-6(7)10/h2-3,11H,1H3/i1D. The normalized spacial score (nSPS) is 11.0. The van der Waals surface area contributed by atoms with Crippen molar-refractivity contribution in [3.63, 3.8) is 0 Å². The fourth-order valence-corrected chi connectivity index (χ4v) is 0.822. The molecule has 0 atom stereocenters. The van der Waals surface area contributed by atoms with Gasteiger partial charge < -0.3 is 5.32 Å². The van der Waals surface area contributed by atoms with E-state index >= 15 is 0 Å². The van der Waals surface area contributed by atoms with Crippen molar-refractivity contribution in [1.82, 2.24) is 0 Å². The van der Waals surface area contributed by atoms with Crippen LogP contribution in [0.4, 0.5) is 14.5 Å². The highest BCUT2D eigenvalue weighted by atomic mass is 35.5. The molecular weight excluding hydrogens is 172 g/mol. The molecule has 4 heteroatoms. The Bertz CT molecular complexity index is 293. The second kappa shape index (κ2) is 3.05. The van der Waals surface area contributed by atoms with Gasteiger partial charge in [-0.3, -0.25) is 0 Å². The Morgan fingerprint density at radius 2 is 2.18 bits per heavy atom. The van der Waals surface area contributed by atoms with Gasteiger partial charge in [0.25, 0.3) is 0 Å². The second-order valence-electron chi connectivity index (χ2n) is 1.92. The van der Waals surface area contributed by atoms with Crippen LogP contribution >= 0.6 is 11.6 Å². The van der Waals surface area contributed by atoms with Crippen LogP contribution in [0, 0.1) is 11.6 Å². The molecule has 60 valence electrons. The third kappa shape index (κ3) is 1.60. The number of halogens is 3. The molecule has 0 aliphatic carbocycles. The molecule has 0 bridgehead atoms. The van der Waals surface area contributed by atoms with Gasteiger partial charge in [-0.25, -0.2) is 8.78 Å². The molecule has 1 N–H and O–H groups in total. The van der Waals surface area contributed by atoms with Crippen LogP contribution < -0.4 is 5.32 Å². The monoisotopic (exact) mass is 178 g/mol. The maximum Gasteiger partial charge on any atom is 0.149 e. The molecule has 0 aliphatic rings. The maximum absolute atomic E-state index is 12.8. The smallest absolute Gasteiger partial charge is 0.149 e. The molecule has 0 unspecified atom stereocenters. The minimum atomic E-state index is -0.801. The van der Waals surface area contributed by atoms with E-state index < -0.39 is 11.6 Å². The lowest BCUT2D eigenvalue weighted by Crippen LogP contribution is -1.93. The molecule has 0 saturated heterocycles. The predicted octanol–water partition coefficient (Wildman–Crippen LogP) is 2.66. The van der Waals surface area contributed by atoms with Crippen molar-refractivity contribution in [3.05, 3.63) is 28.8 Å². The van der Waals surface area contributed by atoms with Crippen molar-refractivity contribution in [2.24, 2.45) is 0 Å². The molecule has 0 amide bonds. The largest absolute Gasteiger partial charge is 0.386 e. The third-order valence-electron chi connectivity index (χ3n) is 1.20. The van der Waals surface area contributed by atoms with Gasteiger partial charge in [-0.1, -0.05) is 11.6 Å². The van der Waals surface area contributed by atoms with E-state index in [2.05, 4.69) is 5.32 Å². The molecular formula is C7H6ClF2N. The quantitative estimate of drug-likeness (QED) is 0.652. The predicted molar refractivity (Wildman–Crippen MR) is 40.9 cm³/mol. The molecule has 1 aromatic carbocycles. The Morgan fingerprint density at radius 1 is 1.45 bits per heavy atom. The Kier molecular flexibility index (Phi) is 1.90. The van der Waals surface area contributed by atoms with E-state index in [0.29, 0.717) is 6.07 Å². The first-order chi connectivity index (χ1) is 5.65. The highest BCUT2D eigenvalue weighted by Gasteiger charge is 2.05. The van der Waals surface area contributed by atoms with E-state index in [4.69, 9.17) is 13.0 Å². The van der Waals surface area contributed by atoms with Gasteiger partial charge in [-0.15, -0.1) is 0 Å². The zero-order valence-corrected chi connectivity index (χ0v) is 6.25. The topological polar surface area (TPSA) is 12.0 Å². The number of rotatable bonds is 1. The van der Waals surface area contributed by atoms with Crippen LogP contribution in [0.1, 0.15) is 1.37 Å². The summed E-state index contributed by atoms with van der Waals surface area (Å²) in [6, 6.07) is 1.79. The Morgan fingerprint density at radius 3 is 2.82 bits per heavy atom. The van der Waals surface area contributed by atoms with Gasteiger partial charge in [-0.05, 0) is 6.07 Å². The SMILES string of the molecule is [2H]CNc1cc(Cl)c(F)cc1F. The van der Waals surface area contributed by atoms with E-state index in [1.54, 1.807) is 0 Å². The summed E-state index contributed by atoms with van der Waals surface area (Å²) in [6.45, 7) is 0. The van der Waals surface area contributed by atoms with Crippen molar-refractivity contribution in [3.8, 4) is 0 Å². The van der Waals surface area contributed by atoms with Crippen LogP contribution in [0.5, 0.6) is 0 Å². The van der Waals surface area contributed by atoms with Crippen LogP contribution in [-0.2, 0) is 0 Å². The lowest BCUT2D eigenvalue weighted by Gasteiger charge is -2.02. The Hall–Kier alpha value is -0.830. The molecule has 0 saturated carbocycles. The summed E-state index contributed by atoms with van der Waals surface area (Å²) in [7, 11) is -0.182. The molecule has 0 fully saturated rings. The van der Waals surface area contributed by atoms with E-state index in [1.807, 2.05) is 0 Å². The second-order valence-corrected chi connectivity index (χ2v) is 2.33. The fourth-order valence-electron chi connectivity index (χ4n) is 0.658. The summed E-state index contributed by atoms with van der Waals surface area (Å²) in [4.78, 5) is 0. The van der Waals surface area contributed by atoms with Gasteiger partial charge in [0, 0.05) is 14.5 Å². The minimum Gasteiger partial charge on any atom is -0.386 e. The van der Waals surface area contributed by atoms with Crippen LogP contribution in [0.15, 0.2) is 12.1 Å². The first-order valence-corrected chi connectivity index (χ1v) is 3.20. The van der Waals surface area contributed by atoms with E-state index in [9.17, 15) is 8.78 Å². The molecule has 0 aliphatic heterocycles. The summed E-state index contributed by atoms with van der Waals surface area (Å²) in [5, 5.41) is 2.22. The summed E-state index contributed by atoms with van der Waals surface area (Å²) < 4.78 is 32.1. The van der Waals surface area contributed by atoms with Crippen LogP contribution in [0.3, 0.4) is 0 Å². The van der Waals surface area contributed by atoms with Gasteiger partial charge in [0.2, 0.25) is 0 Å². The highest BCUT2D eigenvalue weighted by Crippen LogP contribution is 2.22. The molecule has 0 radical (unpaired) electrons. The Labute approximate surface area is 69.4 Å². The highest BCUT2D eigenvalue weighted by molar-refractivity contribution is 6.31. The molecule has 1 rings (SSSR count). The molecule has 11 heavy (non-hydrogen) atoms. The summed E-state index contributed by atoms with van der Waals surface area (Å²) in [5.74, 6) is -1.55. The number of benzene rings is 1. The van der Waals surface area contributed by atoms with Gasteiger partial charge >= 0.3 is 0 Å². The summed E-state index contributed by atoms with van der Waals surface area (Å²) >= 11 is 5.38. The maximum atomic E-state index is 12.8. The molecule has 0 heterocycles. The first kappa shape index (κ1) is 6.85. The number of anilines is 1. The van der Waals surface area contributed by atoms with Crippen LogP contribution in [0.25, 0.3) is 0 Å². The van der Waals surface area contributed by atoms with Crippen molar-refractivity contribution < 1.29 is 10.2 Å². The third-order valence-corrected chi connectivity index (χ3v) is 1.49. The first-order valence-electron chi connectivity index (χ1n) is 3.53. The van der Waals surface area contributed by atoms with Crippen molar-refractivity contribution in [2.75, 3.05) is 12.3 Å². The van der Waals surface area contributed by atoms with Crippen molar-refractivity contribution >= 4 is 17.3 Å². The van der Waals surface area contributed by atoms with Crippen LogP contribution in [-0.4, -0.2) is 7.02 Å². The summed E-state index contributed by atoms with van der Waals surface area (Å²) in [5.41, 5.74) is 0.0383. The number of hydrogen-bond acceptors (Lipinski definition) is 1. The molecule has 1 aromatic rings. The zero-order chi connectivity index (χ0) is 9.14. The number of nitrogens with one attached hydrogen (secondary N) is 1. The average molecular weight is 179 g/mol. The molecule has 0 aromatic heterocycles. The van der Waals surface area contributed by atoms with Gasteiger partial charge in [0.05, 0.1) is 10.7 Å².